The Balaban J connectivity index is 4.50. The van der Waals surface area contributed by atoms with Crippen molar-refractivity contribution in [1.29, 1.82) is 0 Å². The maximum absolute atomic E-state index is 12.6. The first-order chi connectivity index (χ1) is 21.6. The van der Waals surface area contributed by atoms with Gasteiger partial charge in [0.2, 0.25) is 12.8 Å². The Labute approximate surface area is 289 Å². The molecule has 0 fully saturated rings. The van der Waals surface area contributed by atoms with Gasteiger partial charge < -0.3 is 19.3 Å². The number of rotatable bonds is 25. The average molecular weight is 685 g/mol. The summed E-state index contributed by atoms with van der Waals surface area (Å²) in [5.41, 5.74) is 0.788. The van der Waals surface area contributed by atoms with Crippen LogP contribution < -0.4 is 0 Å². The minimum Gasteiger partial charge on any atom is -0.384 e. The number of ether oxygens (including phenoxy) is 2. The Morgan fingerprint density at radius 3 is 1.09 bits per heavy atom. The predicted molar refractivity (Wildman–Crippen MR) is 194 cm³/mol. The van der Waals surface area contributed by atoms with Gasteiger partial charge in [-0.05, 0) is 26.7 Å². The molecule has 0 unspecified atom stereocenters. The molecule has 0 aromatic rings. The zero-order valence-corrected chi connectivity index (χ0v) is 32.3. The number of unbranched alkanes of at least 4 members (excludes halogenated alkanes) is 9. The van der Waals surface area contributed by atoms with E-state index in [1.165, 1.54) is 49.2 Å². The number of methoxy groups -OCH3 is 2. The van der Waals surface area contributed by atoms with Crippen molar-refractivity contribution < 1.29 is 28.7 Å². The zero-order chi connectivity index (χ0) is 35.2. The van der Waals surface area contributed by atoms with Gasteiger partial charge in [-0.2, -0.15) is 0 Å². The highest BCUT2D eigenvalue weighted by atomic mass is 32.2. The number of carbonyl (C=O) groups is 4. The molecule has 8 nitrogen and oxygen atoms in total. The van der Waals surface area contributed by atoms with Gasteiger partial charge in [-0.25, -0.2) is 0 Å². The van der Waals surface area contributed by atoms with E-state index in [9.17, 15) is 19.2 Å². The second-order valence-corrected chi connectivity index (χ2v) is 16.1. The molecule has 46 heavy (non-hydrogen) atoms. The predicted octanol–water partition coefficient (Wildman–Crippen LogP) is 8.95. The van der Waals surface area contributed by atoms with Crippen LogP contribution in [0.2, 0.25) is 0 Å². The molecular weight excluding hydrogens is 621 g/mol. The van der Waals surface area contributed by atoms with Crippen LogP contribution in [0.25, 0.3) is 0 Å². The van der Waals surface area contributed by atoms with E-state index in [0.717, 1.165) is 72.5 Å². The molecule has 0 rings (SSSR count). The normalized spacial score (nSPS) is 13.2. The van der Waals surface area contributed by atoms with Crippen molar-refractivity contribution in [3.8, 4) is 0 Å². The SMILES string of the molecule is COCC/C(SC(=O)C(C)(C)C)=C(\C)N(C=O)CCCCCCCCCCCCN(C=O)/C(C)=C(/CCOC)SC(=O)C(C)(C)C. The Morgan fingerprint density at radius 1 is 0.565 bits per heavy atom. The second-order valence-electron chi connectivity index (χ2n) is 13.9. The minimum atomic E-state index is -0.452. The van der Waals surface area contributed by atoms with Crippen LogP contribution in [0.1, 0.15) is 132 Å². The zero-order valence-electron chi connectivity index (χ0n) is 30.6. The summed E-state index contributed by atoms with van der Waals surface area (Å²) in [6.45, 7) is 17.6. The summed E-state index contributed by atoms with van der Waals surface area (Å²) >= 11 is 2.47. The van der Waals surface area contributed by atoms with Crippen LogP contribution in [0.5, 0.6) is 0 Å². The molecule has 0 saturated carbocycles. The van der Waals surface area contributed by atoms with E-state index in [2.05, 4.69) is 0 Å². The molecule has 0 aromatic heterocycles. The van der Waals surface area contributed by atoms with E-state index in [1.807, 2.05) is 55.4 Å². The molecule has 266 valence electrons. The molecule has 0 aliphatic heterocycles. The van der Waals surface area contributed by atoms with Crippen LogP contribution in [0.3, 0.4) is 0 Å². The van der Waals surface area contributed by atoms with Crippen molar-refractivity contribution in [3.63, 3.8) is 0 Å². The van der Waals surface area contributed by atoms with E-state index in [1.54, 1.807) is 24.0 Å². The van der Waals surface area contributed by atoms with Crippen LogP contribution in [0.15, 0.2) is 21.2 Å². The third-order valence-electron chi connectivity index (χ3n) is 7.69. The molecule has 0 N–H and O–H groups in total. The molecule has 0 aliphatic rings. The number of thioether (sulfide) groups is 2. The Bertz CT molecular complexity index is 904. The Kier molecular flexibility index (Phi) is 23.6. The van der Waals surface area contributed by atoms with Gasteiger partial charge >= 0.3 is 0 Å². The van der Waals surface area contributed by atoms with Crippen molar-refractivity contribution in [3.05, 3.63) is 21.2 Å². The lowest BCUT2D eigenvalue weighted by Gasteiger charge is -2.23. The molecule has 0 bridgehead atoms. The van der Waals surface area contributed by atoms with Crippen molar-refractivity contribution in [2.45, 2.75) is 132 Å². The summed E-state index contributed by atoms with van der Waals surface area (Å²) in [7, 11) is 3.29. The summed E-state index contributed by atoms with van der Waals surface area (Å²) in [4.78, 5) is 54.3. The minimum absolute atomic E-state index is 0.0892. The summed E-state index contributed by atoms with van der Waals surface area (Å²) in [5.74, 6) is 0. The number of hydrogen-bond acceptors (Lipinski definition) is 8. The quantitative estimate of drug-likeness (QED) is 0.0695. The molecule has 2 amide bonds. The second kappa shape index (κ2) is 24.5. The van der Waals surface area contributed by atoms with Gasteiger partial charge in [-0.15, -0.1) is 0 Å². The van der Waals surface area contributed by atoms with Gasteiger partial charge in [0.1, 0.15) is 0 Å². The topological polar surface area (TPSA) is 93.2 Å². The number of carbonyl (C=O) groups excluding carboxylic acids is 4. The van der Waals surface area contributed by atoms with E-state index in [-0.39, 0.29) is 10.2 Å². The molecule has 0 aliphatic carbocycles. The van der Waals surface area contributed by atoms with Gasteiger partial charge in [0, 0.05) is 72.2 Å². The van der Waals surface area contributed by atoms with Crippen molar-refractivity contribution in [2.24, 2.45) is 10.8 Å². The number of nitrogens with zero attached hydrogens (tertiary/aromatic N) is 2. The molecular formula is C36H64N2O6S2. The summed E-state index contributed by atoms with van der Waals surface area (Å²) in [5, 5.41) is 0.178. The van der Waals surface area contributed by atoms with Gasteiger partial charge in [0.05, 0.1) is 13.2 Å². The Hall–Kier alpha value is -1.62. The van der Waals surface area contributed by atoms with Crippen LogP contribution in [-0.4, -0.2) is 73.4 Å². The number of hydrogen-bond donors (Lipinski definition) is 0. The average Bonchev–Trinajstić information content (AvgIpc) is 2.99. The fraction of sp³-hybridized carbons (Fsp3) is 0.778. The first kappa shape index (κ1) is 44.4. The highest BCUT2D eigenvalue weighted by molar-refractivity contribution is 8.17. The van der Waals surface area contributed by atoms with Crippen LogP contribution in [0, 0.1) is 10.8 Å². The van der Waals surface area contributed by atoms with Crippen molar-refractivity contribution >= 4 is 46.6 Å². The third-order valence-corrected chi connectivity index (χ3v) is 10.8. The fourth-order valence-corrected chi connectivity index (χ4v) is 6.39. The van der Waals surface area contributed by atoms with Gasteiger partial charge in [0.15, 0.2) is 10.2 Å². The molecule has 0 spiro atoms. The van der Waals surface area contributed by atoms with Gasteiger partial charge in [-0.1, -0.05) is 116 Å². The summed E-state index contributed by atoms with van der Waals surface area (Å²) in [6, 6.07) is 0. The lowest BCUT2D eigenvalue weighted by molar-refractivity contribution is -0.118. The fourth-order valence-electron chi connectivity index (χ4n) is 4.43. The van der Waals surface area contributed by atoms with E-state index in [0.29, 0.717) is 39.1 Å². The molecule has 0 atom stereocenters. The summed E-state index contributed by atoms with van der Waals surface area (Å²) < 4.78 is 10.5. The first-order valence-electron chi connectivity index (χ1n) is 16.9. The maximum atomic E-state index is 12.6. The van der Waals surface area contributed by atoms with Crippen LogP contribution in [0.4, 0.5) is 0 Å². The lowest BCUT2D eigenvalue weighted by atomic mass is 9.99. The number of allylic oxidation sites excluding steroid dienone is 2. The van der Waals surface area contributed by atoms with Crippen molar-refractivity contribution in [1.82, 2.24) is 9.80 Å². The lowest BCUT2D eigenvalue weighted by Crippen LogP contribution is -2.23. The third kappa shape index (κ3) is 19.3. The monoisotopic (exact) mass is 684 g/mol. The maximum Gasteiger partial charge on any atom is 0.213 e. The smallest absolute Gasteiger partial charge is 0.213 e. The summed E-state index contributed by atoms with van der Waals surface area (Å²) in [6.07, 6.45) is 14.0. The van der Waals surface area contributed by atoms with Crippen LogP contribution in [-0.2, 0) is 28.7 Å². The van der Waals surface area contributed by atoms with E-state index >= 15 is 0 Å². The highest BCUT2D eigenvalue weighted by Gasteiger charge is 2.26. The van der Waals surface area contributed by atoms with E-state index < -0.39 is 10.8 Å². The Morgan fingerprint density at radius 2 is 0.848 bits per heavy atom. The molecule has 0 aromatic carbocycles. The highest BCUT2D eigenvalue weighted by Crippen LogP contribution is 2.34. The van der Waals surface area contributed by atoms with Gasteiger partial charge in [-0.3, -0.25) is 19.2 Å². The largest absolute Gasteiger partial charge is 0.384 e. The molecule has 10 heteroatoms. The van der Waals surface area contributed by atoms with Crippen LogP contribution >= 0.6 is 23.5 Å². The first-order valence-corrected chi connectivity index (χ1v) is 18.5. The molecule has 0 saturated heterocycles. The molecule has 0 heterocycles. The number of amides is 2. The standard InChI is InChI=1S/C36H64N2O6S2/c1-29(31(21-25-43-9)45-33(41)35(3,4)5)37(27-39)23-19-17-15-13-11-12-14-16-18-20-24-38(28-40)30(2)32(22-26-44-10)46-34(42)36(6,7)8/h27-28H,11-26H2,1-10H3/b31-29-,32-30-. The van der Waals surface area contributed by atoms with Gasteiger partial charge in [0.25, 0.3) is 0 Å². The van der Waals surface area contributed by atoms with Crippen molar-refractivity contribution in [2.75, 3.05) is 40.5 Å². The molecule has 0 radical (unpaired) electrons. The van der Waals surface area contributed by atoms with E-state index in [4.69, 9.17) is 9.47 Å².